The average molecular weight is 392 g/mol. The second kappa shape index (κ2) is 11.3. The van der Waals surface area contributed by atoms with Gasteiger partial charge in [-0.1, -0.05) is 26.0 Å². The zero-order valence-electron chi connectivity index (χ0n) is 18.1. The van der Waals surface area contributed by atoms with Crippen LogP contribution < -0.4 is 15.4 Å². The third kappa shape index (κ3) is 6.99. The third-order valence-electron chi connectivity index (χ3n) is 5.02. The minimum atomic E-state index is -0.223. The van der Waals surface area contributed by atoms with Crippen LogP contribution in [-0.4, -0.2) is 51.6 Å². The van der Waals surface area contributed by atoms with Crippen molar-refractivity contribution in [3.8, 4) is 5.75 Å². The summed E-state index contributed by atoms with van der Waals surface area (Å²) < 4.78 is 17.0. The van der Waals surface area contributed by atoms with E-state index in [2.05, 4.69) is 50.5 Å². The molecule has 0 aromatic heterocycles. The Kier molecular flexibility index (Phi) is 9.06. The van der Waals surface area contributed by atoms with E-state index in [1.54, 1.807) is 7.11 Å². The van der Waals surface area contributed by atoms with E-state index in [0.717, 1.165) is 50.9 Å². The molecular formula is C22H37N3O3. The Labute approximate surface area is 170 Å². The highest BCUT2D eigenvalue weighted by Gasteiger charge is 2.32. The first-order chi connectivity index (χ1) is 13.5. The molecule has 0 bridgehead atoms. The van der Waals surface area contributed by atoms with Gasteiger partial charge in [-0.25, -0.2) is 0 Å². The van der Waals surface area contributed by atoms with Crippen LogP contribution in [0.3, 0.4) is 0 Å². The quantitative estimate of drug-likeness (QED) is 0.498. The standard InChI is InChI=1S/C22H37N3O3/c1-6-23-21(24-16-22(26-5)11-13-27-14-12-22)25-18(4)19-7-9-20(10-8-19)28-15-17(2)3/h7-10,17-18H,6,11-16H2,1-5H3,(H2,23,24,25). The molecule has 0 radical (unpaired) electrons. The summed E-state index contributed by atoms with van der Waals surface area (Å²) in [4.78, 5) is 4.80. The normalized spacial score (nSPS) is 18.0. The van der Waals surface area contributed by atoms with Gasteiger partial charge in [0.1, 0.15) is 5.75 Å². The van der Waals surface area contributed by atoms with Crippen LogP contribution in [-0.2, 0) is 9.47 Å². The smallest absolute Gasteiger partial charge is 0.191 e. The van der Waals surface area contributed by atoms with Gasteiger partial charge in [0.15, 0.2) is 5.96 Å². The summed E-state index contributed by atoms with van der Waals surface area (Å²) in [6.45, 7) is 12.1. The topological polar surface area (TPSA) is 64.1 Å². The SMILES string of the molecule is CCNC(=NCC1(OC)CCOCC1)NC(C)c1ccc(OCC(C)C)cc1. The molecular weight excluding hydrogens is 354 g/mol. The Morgan fingerprint density at radius 2 is 1.86 bits per heavy atom. The van der Waals surface area contributed by atoms with Gasteiger partial charge in [0.05, 0.1) is 24.8 Å². The Morgan fingerprint density at radius 1 is 1.18 bits per heavy atom. The van der Waals surface area contributed by atoms with Crippen LogP contribution in [0, 0.1) is 5.92 Å². The van der Waals surface area contributed by atoms with Crippen molar-refractivity contribution in [2.45, 2.75) is 52.2 Å². The molecule has 1 heterocycles. The molecule has 1 fully saturated rings. The van der Waals surface area contributed by atoms with Crippen molar-refractivity contribution in [1.82, 2.24) is 10.6 Å². The highest BCUT2D eigenvalue weighted by molar-refractivity contribution is 5.80. The highest BCUT2D eigenvalue weighted by Crippen LogP contribution is 2.25. The Hall–Kier alpha value is -1.79. The van der Waals surface area contributed by atoms with E-state index in [0.29, 0.717) is 12.5 Å². The van der Waals surface area contributed by atoms with Crippen LogP contribution in [0.2, 0.25) is 0 Å². The fourth-order valence-corrected chi connectivity index (χ4v) is 3.12. The zero-order valence-corrected chi connectivity index (χ0v) is 18.1. The number of guanidine groups is 1. The number of nitrogens with one attached hydrogen (secondary N) is 2. The minimum absolute atomic E-state index is 0.130. The summed E-state index contributed by atoms with van der Waals surface area (Å²) in [6, 6.07) is 8.40. The maximum absolute atomic E-state index is 5.79. The predicted octanol–water partition coefficient (Wildman–Crippen LogP) is 3.53. The van der Waals surface area contributed by atoms with E-state index < -0.39 is 0 Å². The molecule has 0 aliphatic carbocycles. The molecule has 1 aromatic rings. The molecule has 6 nitrogen and oxygen atoms in total. The summed E-state index contributed by atoms with van der Waals surface area (Å²) in [5, 5.41) is 6.83. The van der Waals surface area contributed by atoms with Crippen molar-refractivity contribution in [1.29, 1.82) is 0 Å². The first-order valence-electron chi connectivity index (χ1n) is 10.4. The monoisotopic (exact) mass is 391 g/mol. The molecule has 0 spiro atoms. The van der Waals surface area contributed by atoms with Gasteiger partial charge in [-0.2, -0.15) is 0 Å². The van der Waals surface area contributed by atoms with Crippen molar-refractivity contribution >= 4 is 5.96 Å². The van der Waals surface area contributed by atoms with Gasteiger partial charge in [0.25, 0.3) is 0 Å². The van der Waals surface area contributed by atoms with Crippen LogP contribution in [0.4, 0.5) is 0 Å². The van der Waals surface area contributed by atoms with Gasteiger partial charge >= 0.3 is 0 Å². The molecule has 1 atom stereocenters. The lowest BCUT2D eigenvalue weighted by Crippen LogP contribution is -2.44. The van der Waals surface area contributed by atoms with E-state index in [9.17, 15) is 0 Å². The second-order valence-electron chi connectivity index (χ2n) is 7.83. The zero-order chi connectivity index (χ0) is 20.4. The van der Waals surface area contributed by atoms with Crippen molar-refractivity contribution in [3.63, 3.8) is 0 Å². The fourth-order valence-electron chi connectivity index (χ4n) is 3.12. The Morgan fingerprint density at radius 3 is 2.43 bits per heavy atom. The molecule has 2 rings (SSSR count). The van der Waals surface area contributed by atoms with Gasteiger partial charge in [-0.05, 0) is 37.5 Å². The van der Waals surface area contributed by atoms with Crippen LogP contribution in [0.1, 0.15) is 52.1 Å². The van der Waals surface area contributed by atoms with Crippen LogP contribution in [0.5, 0.6) is 5.75 Å². The molecule has 1 saturated heterocycles. The summed E-state index contributed by atoms with van der Waals surface area (Å²) in [5.74, 6) is 2.23. The first-order valence-corrected chi connectivity index (χ1v) is 10.4. The van der Waals surface area contributed by atoms with Crippen LogP contribution >= 0.6 is 0 Å². The molecule has 1 aliphatic rings. The maximum Gasteiger partial charge on any atom is 0.191 e. The molecule has 0 amide bonds. The molecule has 6 heteroatoms. The number of aliphatic imine (C=N–C) groups is 1. The lowest BCUT2D eigenvalue weighted by molar-refractivity contribution is -0.0828. The number of rotatable bonds is 9. The van der Waals surface area contributed by atoms with E-state index in [-0.39, 0.29) is 11.6 Å². The Bertz CT molecular complexity index is 596. The average Bonchev–Trinajstić information content (AvgIpc) is 2.71. The molecule has 1 aromatic carbocycles. The summed E-state index contributed by atoms with van der Waals surface area (Å²) >= 11 is 0. The summed E-state index contributed by atoms with van der Waals surface area (Å²) in [5.41, 5.74) is 0.967. The second-order valence-corrected chi connectivity index (χ2v) is 7.83. The van der Waals surface area contributed by atoms with E-state index in [1.807, 2.05) is 12.1 Å². The van der Waals surface area contributed by atoms with Crippen molar-refractivity contribution in [2.24, 2.45) is 10.9 Å². The Balaban J connectivity index is 1.98. The van der Waals surface area contributed by atoms with E-state index >= 15 is 0 Å². The number of nitrogens with zero attached hydrogens (tertiary/aromatic N) is 1. The molecule has 28 heavy (non-hydrogen) atoms. The van der Waals surface area contributed by atoms with E-state index in [1.165, 1.54) is 5.56 Å². The van der Waals surface area contributed by atoms with Crippen molar-refractivity contribution < 1.29 is 14.2 Å². The van der Waals surface area contributed by atoms with Gasteiger partial charge in [-0.15, -0.1) is 0 Å². The van der Waals surface area contributed by atoms with Crippen molar-refractivity contribution in [3.05, 3.63) is 29.8 Å². The number of hydrogen-bond donors (Lipinski definition) is 2. The largest absolute Gasteiger partial charge is 0.493 e. The van der Waals surface area contributed by atoms with Gasteiger partial charge in [-0.3, -0.25) is 4.99 Å². The van der Waals surface area contributed by atoms with Gasteiger partial charge in [0, 0.05) is 39.7 Å². The van der Waals surface area contributed by atoms with Crippen molar-refractivity contribution in [2.75, 3.05) is 40.0 Å². The van der Waals surface area contributed by atoms with E-state index in [4.69, 9.17) is 19.2 Å². The third-order valence-corrected chi connectivity index (χ3v) is 5.02. The lowest BCUT2D eigenvalue weighted by atomic mass is 9.94. The van der Waals surface area contributed by atoms with Crippen LogP contribution in [0.25, 0.3) is 0 Å². The first kappa shape index (κ1) is 22.5. The summed E-state index contributed by atoms with van der Waals surface area (Å²) in [6.07, 6.45) is 1.75. The molecule has 2 N–H and O–H groups in total. The molecule has 1 aliphatic heterocycles. The van der Waals surface area contributed by atoms with Gasteiger partial charge < -0.3 is 24.8 Å². The molecule has 158 valence electrons. The maximum atomic E-state index is 5.79. The minimum Gasteiger partial charge on any atom is -0.493 e. The number of methoxy groups -OCH3 is 1. The summed E-state index contributed by atoms with van der Waals surface area (Å²) in [7, 11) is 1.77. The number of hydrogen-bond acceptors (Lipinski definition) is 4. The molecule has 0 saturated carbocycles. The lowest BCUT2D eigenvalue weighted by Gasteiger charge is -2.34. The number of benzene rings is 1. The van der Waals surface area contributed by atoms with Crippen LogP contribution in [0.15, 0.2) is 29.3 Å². The van der Waals surface area contributed by atoms with Gasteiger partial charge in [0.2, 0.25) is 0 Å². The fraction of sp³-hybridized carbons (Fsp3) is 0.682. The number of ether oxygens (including phenoxy) is 3. The predicted molar refractivity (Wildman–Crippen MR) is 114 cm³/mol. The highest BCUT2D eigenvalue weighted by atomic mass is 16.5. The molecule has 1 unspecified atom stereocenters.